The summed E-state index contributed by atoms with van der Waals surface area (Å²) in [6.45, 7) is 1.20. The Bertz CT molecular complexity index is 522. The summed E-state index contributed by atoms with van der Waals surface area (Å²) in [5.41, 5.74) is -0.0880. The van der Waals surface area contributed by atoms with E-state index in [0.29, 0.717) is 18.7 Å². The van der Waals surface area contributed by atoms with Gasteiger partial charge in [0.15, 0.2) is 0 Å². The standard InChI is InChI=1S/C13H18FN3O4/c1-15(2)5-6-16(9-13(18)19)8-10-3-4-12(17(20)21)11(14)7-10/h3-4,7H,5-6,8-9H2,1-2H3,(H,18,19). The zero-order valence-electron chi connectivity index (χ0n) is 12.0. The normalized spacial score (nSPS) is 11.1. The lowest BCUT2D eigenvalue weighted by atomic mass is 10.2. The molecule has 0 aliphatic carbocycles. The summed E-state index contributed by atoms with van der Waals surface area (Å²) in [5.74, 6) is -1.89. The Balaban J connectivity index is 2.79. The van der Waals surface area contributed by atoms with Gasteiger partial charge < -0.3 is 10.0 Å². The molecule has 0 heterocycles. The van der Waals surface area contributed by atoms with Crippen molar-refractivity contribution < 1.29 is 19.2 Å². The number of nitro groups is 1. The monoisotopic (exact) mass is 299 g/mol. The molecule has 0 bridgehead atoms. The highest BCUT2D eigenvalue weighted by atomic mass is 19.1. The average molecular weight is 299 g/mol. The maximum absolute atomic E-state index is 13.5. The van der Waals surface area contributed by atoms with Crippen LogP contribution in [0.3, 0.4) is 0 Å². The van der Waals surface area contributed by atoms with Crippen molar-refractivity contribution in [2.75, 3.05) is 33.7 Å². The molecule has 0 spiro atoms. The zero-order valence-corrected chi connectivity index (χ0v) is 12.0. The molecule has 8 heteroatoms. The Morgan fingerprint density at radius 2 is 2.05 bits per heavy atom. The first-order chi connectivity index (χ1) is 9.79. The molecule has 116 valence electrons. The van der Waals surface area contributed by atoms with E-state index >= 15 is 0 Å². The first-order valence-electron chi connectivity index (χ1n) is 6.31. The minimum absolute atomic E-state index is 0.174. The number of hydrogen-bond acceptors (Lipinski definition) is 5. The lowest BCUT2D eigenvalue weighted by molar-refractivity contribution is -0.387. The van der Waals surface area contributed by atoms with E-state index in [1.54, 1.807) is 4.90 Å². The number of carboxylic acids is 1. The minimum Gasteiger partial charge on any atom is -0.480 e. The molecule has 1 N–H and O–H groups in total. The van der Waals surface area contributed by atoms with E-state index in [-0.39, 0.29) is 13.1 Å². The number of carboxylic acid groups (broad SMARTS) is 1. The van der Waals surface area contributed by atoms with Crippen LogP contribution in [-0.4, -0.2) is 59.5 Å². The van der Waals surface area contributed by atoms with Crippen LogP contribution in [0, 0.1) is 15.9 Å². The number of hydrogen-bond donors (Lipinski definition) is 1. The van der Waals surface area contributed by atoms with Crippen molar-refractivity contribution in [1.29, 1.82) is 0 Å². The number of nitrogens with zero attached hydrogens (tertiary/aromatic N) is 3. The highest BCUT2D eigenvalue weighted by molar-refractivity contribution is 5.69. The van der Waals surface area contributed by atoms with Gasteiger partial charge in [0.2, 0.25) is 5.82 Å². The van der Waals surface area contributed by atoms with Crippen LogP contribution in [-0.2, 0) is 11.3 Å². The summed E-state index contributed by atoms with van der Waals surface area (Å²) in [6, 6.07) is 3.60. The summed E-state index contributed by atoms with van der Waals surface area (Å²) in [5, 5.41) is 19.4. The van der Waals surface area contributed by atoms with Crippen LogP contribution in [0.5, 0.6) is 0 Å². The van der Waals surface area contributed by atoms with E-state index in [1.165, 1.54) is 6.07 Å². The van der Waals surface area contributed by atoms with Crippen LogP contribution >= 0.6 is 0 Å². The van der Waals surface area contributed by atoms with Crippen molar-refractivity contribution in [3.05, 3.63) is 39.7 Å². The smallest absolute Gasteiger partial charge is 0.317 e. The molecule has 0 aliphatic rings. The van der Waals surface area contributed by atoms with Gasteiger partial charge in [-0.1, -0.05) is 6.07 Å². The zero-order chi connectivity index (χ0) is 16.0. The molecule has 1 aromatic carbocycles. The van der Waals surface area contributed by atoms with Gasteiger partial charge in [-0.25, -0.2) is 0 Å². The van der Waals surface area contributed by atoms with Crippen molar-refractivity contribution in [3.63, 3.8) is 0 Å². The number of rotatable bonds is 8. The molecule has 0 saturated carbocycles. The first-order valence-corrected chi connectivity index (χ1v) is 6.31. The molecule has 0 aromatic heterocycles. The fourth-order valence-electron chi connectivity index (χ4n) is 1.80. The van der Waals surface area contributed by atoms with Crippen molar-refractivity contribution in [2.45, 2.75) is 6.54 Å². The van der Waals surface area contributed by atoms with Crippen LogP contribution in [0.2, 0.25) is 0 Å². The molecular formula is C13H18FN3O4. The molecule has 1 aromatic rings. The van der Waals surface area contributed by atoms with E-state index < -0.39 is 22.4 Å². The summed E-state index contributed by atoms with van der Waals surface area (Å²) < 4.78 is 13.5. The lowest BCUT2D eigenvalue weighted by Crippen LogP contribution is -2.35. The SMILES string of the molecule is CN(C)CCN(CC(=O)O)Cc1ccc([N+](=O)[O-])c(F)c1. The fraction of sp³-hybridized carbons (Fsp3) is 0.462. The molecule has 21 heavy (non-hydrogen) atoms. The van der Waals surface area contributed by atoms with E-state index in [2.05, 4.69) is 0 Å². The predicted octanol–water partition coefficient (Wildman–Crippen LogP) is 1.18. The third-order valence-corrected chi connectivity index (χ3v) is 2.84. The number of likely N-dealkylation sites (N-methyl/N-ethyl adjacent to an activating group) is 1. The molecule has 0 saturated heterocycles. The molecule has 0 fully saturated rings. The van der Waals surface area contributed by atoms with Crippen molar-refractivity contribution in [3.8, 4) is 0 Å². The highest BCUT2D eigenvalue weighted by Crippen LogP contribution is 2.18. The summed E-state index contributed by atoms with van der Waals surface area (Å²) in [4.78, 5) is 24.1. The largest absolute Gasteiger partial charge is 0.480 e. The topological polar surface area (TPSA) is 86.9 Å². The Morgan fingerprint density at radius 3 is 2.52 bits per heavy atom. The Hall–Kier alpha value is -2.06. The second-order valence-corrected chi connectivity index (χ2v) is 4.95. The summed E-state index contributed by atoms with van der Waals surface area (Å²) in [6.07, 6.45) is 0. The van der Waals surface area contributed by atoms with Gasteiger partial charge in [-0.3, -0.25) is 19.8 Å². The molecule has 0 radical (unpaired) electrons. The Labute approximate surface area is 121 Å². The third kappa shape index (κ3) is 5.84. The van der Waals surface area contributed by atoms with Crippen LogP contribution in [0.15, 0.2) is 18.2 Å². The summed E-state index contributed by atoms with van der Waals surface area (Å²) >= 11 is 0. The van der Waals surface area contributed by atoms with Gasteiger partial charge >= 0.3 is 11.7 Å². The molecule has 0 atom stereocenters. The highest BCUT2D eigenvalue weighted by Gasteiger charge is 2.16. The van der Waals surface area contributed by atoms with Crippen molar-refractivity contribution >= 4 is 11.7 Å². The Kier molecular flexibility index (Phi) is 6.19. The van der Waals surface area contributed by atoms with Crippen molar-refractivity contribution in [1.82, 2.24) is 9.80 Å². The van der Waals surface area contributed by atoms with Crippen LogP contribution in [0.1, 0.15) is 5.56 Å². The van der Waals surface area contributed by atoms with E-state index in [9.17, 15) is 19.3 Å². The van der Waals surface area contributed by atoms with Crippen LogP contribution in [0.25, 0.3) is 0 Å². The quantitative estimate of drug-likeness (QED) is 0.573. The van der Waals surface area contributed by atoms with Gasteiger partial charge in [0.05, 0.1) is 11.5 Å². The summed E-state index contributed by atoms with van der Waals surface area (Å²) in [7, 11) is 3.73. The van der Waals surface area contributed by atoms with Gasteiger partial charge in [-0.2, -0.15) is 4.39 Å². The maximum Gasteiger partial charge on any atom is 0.317 e. The number of benzene rings is 1. The number of carbonyl (C=O) groups is 1. The van der Waals surface area contributed by atoms with Gasteiger partial charge in [0, 0.05) is 25.7 Å². The average Bonchev–Trinajstić information content (AvgIpc) is 2.34. The number of halogens is 1. The second kappa shape index (κ2) is 7.65. The first kappa shape index (κ1) is 17.0. The van der Waals surface area contributed by atoms with Gasteiger partial charge in [0.25, 0.3) is 0 Å². The maximum atomic E-state index is 13.5. The van der Waals surface area contributed by atoms with E-state index in [0.717, 1.165) is 12.1 Å². The number of aliphatic carboxylic acids is 1. The van der Waals surface area contributed by atoms with E-state index in [1.807, 2.05) is 19.0 Å². The van der Waals surface area contributed by atoms with Crippen LogP contribution < -0.4 is 0 Å². The Morgan fingerprint density at radius 1 is 1.38 bits per heavy atom. The third-order valence-electron chi connectivity index (χ3n) is 2.84. The molecule has 7 nitrogen and oxygen atoms in total. The fourth-order valence-corrected chi connectivity index (χ4v) is 1.80. The molecule has 0 amide bonds. The van der Waals surface area contributed by atoms with E-state index in [4.69, 9.17) is 5.11 Å². The lowest BCUT2D eigenvalue weighted by Gasteiger charge is -2.22. The van der Waals surface area contributed by atoms with Gasteiger partial charge in [0.1, 0.15) is 0 Å². The molecular weight excluding hydrogens is 281 g/mol. The van der Waals surface area contributed by atoms with Gasteiger partial charge in [-0.15, -0.1) is 0 Å². The minimum atomic E-state index is -0.976. The van der Waals surface area contributed by atoms with Crippen LogP contribution in [0.4, 0.5) is 10.1 Å². The molecule has 1 rings (SSSR count). The van der Waals surface area contributed by atoms with Gasteiger partial charge in [-0.05, 0) is 25.7 Å². The predicted molar refractivity (Wildman–Crippen MR) is 74.5 cm³/mol. The second-order valence-electron chi connectivity index (χ2n) is 4.95. The molecule has 0 aliphatic heterocycles. The van der Waals surface area contributed by atoms with Crippen molar-refractivity contribution in [2.24, 2.45) is 0 Å². The molecule has 0 unspecified atom stereocenters. The number of nitro benzene ring substituents is 1.